The summed E-state index contributed by atoms with van der Waals surface area (Å²) in [7, 11) is 0. The third-order valence-electron chi connectivity index (χ3n) is 3.56. The maximum absolute atomic E-state index is 6.21. The lowest BCUT2D eigenvalue weighted by Gasteiger charge is -2.36. The number of likely N-dealkylation sites (tertiary alicyclic amines) is 1. The molecule has 1 aromatic heterocycles. The van der Waals surface area contributed by atoms with Crippen LogP contribution >= 0.6 is 34.5 Å². The van der Waals surface area contributed by atoms with Crippen molar-refractivity contribution in [2.75, 3.05) is 19.6 Å². The van der Waals surface area contributed by atoms with E-state index in [1.165, 1.54) is 24.2 Å². The van der Waals surface area contributed by atoms with E-state index in [4.69, 9.17) is 28.9 Å². The molecule has 0 amide bonds. The van der Waals surface area contributed by atoms with Crippen LogP contribution in [-0.4, -0.2) is 24.5 Å². The zero-order chi connectivity index (χ0) is 12.4. The highest BCUT2D eigenvalue weighted by Crippen LogP contribution is 2.38. The van der Waals surface area contributed by atoms with Crippen LogP contribution in [0.1, 0.15) is 31.4 Å². The van der Waals surface area contributed by atoms with Crippen LogP contribution in [0.2, 0.25) is 8.67 Å². The van der Waals surface area contributed by atoms with E-state index in [0.717, 1.165) is 33.9 Å². The fraction of sp³-hybridized carbons (Fsp3) is 0.667. The smallest absolute Gasteiger partial charge is 0.0991 e. The lowest BCUT2D eigenvalue weighted by atomic mass is 9.96. The van der Waals surface area contributed by atoms with Crippen LogP contribution in [0.3, 0.4) is 0 Å². The van der Waals surface area contributed by atoms with Gasteiger partial charge in [0, 0.05) is 18.2 Å². The molecule has 0 bridgehead atoms. The summed E-state index contributed by atoms with van der Waals surface area (Å²) in [5.41, 5.74) is 6.92. The van der Waals surface area contributed by atoms with Crippen LogP contribution in [0, 0.1) is 5.92 Å². The molecule has 0 saturated carbocycles. The molecule has 0 aromatic carbocycles. The highest BCUT2D eigenvalue weighted by molar-refractivity contribution is 7.20. The van der Waals surface area contributed by atoms with Gasteiger partial charge in [0.1, 0.15) is 0 Å². The largest absolute Gasteiger partial charge is 0.330 e. The average molecular weight is 293 g/mol. The lowest BCUT2D eigenvalue weighted by Crippen LogP contribution is -2.39. The molecule has 96 valence electrons. The minimum absolute atomic E-state index is 0.334. The van der Waals surface area contributed by atoms with Gasteiger partial charge in [-0.3, -0.25) is 4.90 Å². The van der Waals surface area contributed by atoms with Gasteiger partial charge in [0.05, 0.1) is 8.67 Å². The SMILES string of the molecule is CC(c1cc(Cl)sc1Cl)N1CCCC(CN)C1. The Morgan fingerprint density at radius 3 is 2.94 bits per heavy atom. The molecular weight excluding hydrogens is 275 g/mol. The van der Waals surface area contributed by atoms with Crippen LogP contribution in [-0.2, 0) is 0 Å². The molecule has 2 heterocycles. The fourth-order valence-corrected chi connectivity index (χ4v) is 4.11. The molecule has 2 nitrogen and oxygen atoms in total. The van der Waals surface area contributed by atoms with Crippen molar-refractivity contribution in [3.63, 3.8) is 0 Å². The van der Waals surface area contributed by atoms with Crippen LogP contribution < -0.4 is 5.73 Å². The number of thiophene rings is 1. The van der Waals surface area contributed by atoms with Crippen molar-refractivity contribution in [2.45, 2.75) is 25.8 Å². The average Bonchev–Trinajstić information content (AvgIpc) is 2.67. The molecule has 2 rings (SSSR count). The predicted molar refractivity (Wildman–Crippen MR) is 76.1 cm³/mol. The third kappa shape index (κ3) is 3.15. The van der Waals surface area contributed by atoms with Gasteiger partial charge in [0.2, 0.25) is 0 Å². The molecule has 1 saturated heterocycles. The Kier molecular flexibility index (Phi) is 4.72. The summed E-state index contributed by atoms with van der Waals surface area (Å²) in [6, 6.07) is 2.33. The van der Waals surface area contributed by atoms with Crippen LogP contribution in [0.15, 0.2) is 6.07 Å². The van der Waals surface area contributed by atoms with E-state index < -0.39 is 0 Å². The number of nitrogens with two attached hydrogens (primary N) is 1. The molecule has 2 atom stereocenters. The van der Waals surface area contributed by atoms with Gasteiger partial charge in [-0.05, 0) is 44.8 Å². The number of hydrogen-bond acceptors (Lipinski definition) is 3. The highest BCUT2D eigenvalue weighted by atomic mass is 35.5. The lowest BCUT2D eigenvalue weighted by molar-refractivity contribution is 0.135. The van der Waals surface area contributed by atoms with Gasteiger partial charge in [-0.15, -0.1) is 11.3 Å². The van der Waals surface area contributed by atoms with Gasteiger partial charge < -0.3 is 5.73 Å². The van der Waals surface area contributed by atoms with Crippen molar-refractivity contribution in [1.82, 2.24) is 4.90 Å². The molecular formula is C12H18Cl2N2S. The first kappa shape index (κ1) is 13.6. The maximum atomic E-state index is 6.21. The first-order valence-electron chi connectivity index (χ1n) is 6.00. The number of rotatable bonds is 3. The Labute approximate surface area is 117 Å². The van der Waals surface area contributed by atoms with Crippen LogP contribution in [0.4, 0.5) is 0 Å². The number of nitrogens with zero attached hydrogens (tertiary/aromatic N) is 1. The van der Waals surface area contributed by atoms with Crippen molar-refractivity contribution in [2.24, 2.45) is 11.7 Å². The normalized spacial score (nSPS) is 23.9. The second kappa shape index (κ2) is 5.89. The molecule has 1 fully saturated rings. The molecule has 1 aromatic rings. The fourth-order valence-electron chi connectivity index (χ4n) is 2.48. The second-order valence-electron chi connectivity index (χ2n) is 4.69. The first-order chi connectivity index (χ1) is 8.11. The van der Waals surface area contributed by atoms with Crippen molar-refractivity contribution >= 4 is 34.5 Å². The van der Waals surface area contributed by atoms with Crippen LogP contribution in [0.25, 0.3) is 0 Å². The van der Waals surface area contributed by atoms with E-state index in [2.05, 4.69) is 11.8 Å². The Morgan fingerprint density at radius 2 is 2.35 bits per heavy atom. The number of hydrogen-bond donors (Lipinski definition) is 1. The van der Waals surface area contributed by atoms with Gasteiger partial charge in [-0.1, -0.05) is 23.2 Å². The van der Waals surface area contributed by atoms with E-state index in [-0.39, 0.29) is 0 Å². The molecule has 2 unspecified atom stereocenters. The van der Waals surface area contributed by atoms with Crippen LogP contribution in [0.5, 0.6) is 0 Å². The zero-order valence-electron chi connectivity index (χ0n) is 9.96. The van der Waals surface area contributed by atoms with Gasteiger partial charge >= 0.3 is 0 Å². The summed E-state index contributed by atoms with van der Waals surface area (Å²) in [6.45, 7) is 5.17. The van der Waals surface area contributed by atoms with Gasteiger partial charge in [-0.25, -0.2) is 0 Å². The van der Waals surface area contributed by atoms with Crippen molar-refractivity contribution in [3.8, 4) is 0 Å². The van der Waals surface area contributed by atoms with Gasteiger partial charge in [0.25, 0.3) is 0 Å². The van der Waals surface area contributed by atoms with E-state index in [9.17, 15) is 0 Å². The summed E-state index contributed by atoms with van der Waals surface area (Å²) >= 11 is 13.7. The Bertz CT molecular complexity index is 381. The number of piperidine rings is 1. The Morgan fingerprint density at radius 1 is 1.59 bits per heavy atom. The molecule has 17 heavy (non-hydrogen) atoms. The molecule has 1 aliphatic heterocycles. The monoisotopic (exact) mass is 292 g/mol. The van der Waals surface area contributed by atoms with Gasteiger partial charge in [-0.2, -0.15) is 0 Å². The Balaban J connectivity index is 2.08. The summed E-state index contributed by atoms with van der Waals surface area (Å²) in [5.74, 6) is 0.624. The minimum atomic E-state index is 0.334. The van der Waals surface area contributed by atoms with E-state index >= 15 is 0 Å². The topological polar surface area (TPSA) is 29.3 Å². The standard InChI is InChI=1S/C12H18Cl2N2S/c1-8(10-5-11(13)17-12(10)14)16-4-2-3-9(6-15)7-16/h5,8-9H,2-4,6-7,15H2,1H3. The highest BCUT2D eigenvalue weighted by Gasteiger charge is 2.25. The summed E-state index contributed by atoms with van der Waals surface area (Å²) in [6.07, 6.45) is 2.47. The first-order valence-corrected chi connectivity index (χ1v) is 7.58. The summed E-state index contributed by atoms with van der Waals surface area (Å²) < 4.78 is 1.58. The molecule has 1 aliphatic rings. The quantitative estimate of drug-likeness (QED) is 0.918. The molecule has 2 N–H and O–H groups in total. The Hall–Kier alpha value is 0.200. The minimum Gasteiger partial charge on any atom is -0.330 e. The van der Waals surface area contributed by atoms with E-state index in [0.29, 0.717) is 12.0 Å². The molecule has 0 spiro atoms. The van der Waals surface area contributed by atoms with Crippen molar-refractivity contribution in [3.05, 3.63) is 20.3 Å². The van der Waals surface area contributed by atoms with E-state index in [1.54, 1.807) is 0 Å². The number of halogens is 2. The van der Waals surface area contributed by atoms with E-state index in [1.807, 2.05) is 6.07 Å². The van der Waals surface area contributed by atoms with Gasteiger partial charge in [0.15, 0.2) is 0 Å². The molecule has 5 heteroatoms. The third-order valence-corrected chi connectivity index (χ3v) is 5.08. The predicted octanol–water partition coefficient (Wildman–Crippen LogP) is 3.79. The zero-order valence-corrected chi connectivity index (χ0v) is 12.3. The molecule has 0 aliphatic carbocycles. The summed E-state index contributed by atoms with van der Waals surface area (Å²) in [5, 5.41) is 0. The summed E-state index contributed by atoms with van der Waals surface area (Å²) in [4.78, 5) is 2.46. The van der Waals surface area contributed by atoms with Crippen molar-refractivity contribution in [1.29, 1.82) is 0 Å². The maximum Gasteiger partial charge on any atom is 0.0991 e. The van der Waals surface area contributed by atoms with Crippen molar-refractivity contribution < 1.29 is 0 Å². The second-order valence-corrected chi connectivity index (χ2v) is 6.98. The molecule has 0 radical (unpaired) electrons.